The number of hydrogen-bond donors (Lipinski definition) is 2. The molecular formula is C11H10N6OS. The van der Waals surface area contributed by atoms with E-state index in [1.165, 1.54) is 11.8 Å². The van der Waals surface area contributed by atoms with Crippen molar-refractivity contribution in [2.75, 3.05) is 5.43 Å². The van der Waals surface area contributed by atoms with E-state index in [2.05, 4.69) is 25.6 Å². The predicted molar refractivity (Wildman–Crippen MR) is 70.5 cm³/mol. The molecule has 19 heavy (non-hydrogen) atoms. The molecule has 96 valence electrons. The van der Waals surface area contributed by atoms with E-state index in [1.54, 1.807) is 6.92 Å². The zero-order valence-corrected chi connectivity index (χ0v) is 10.8. The number of aromatic nitrogens is 4. The molecule has 0 spiro atoms. The van der Waals surface area contributed by atoms with E-state index in [9.17, 15) is 0 Å². The lowest BCUT2D eigenvalue weighted by atomic mass is 10.2. The number of fused-ring (bicyclic) bond motifs is 1. The molecule has 0 fully saturated rings. The lowest BCUT2D eigenvalue weighted by Crippen LogP contribution is -2.10. The van der Waals surface area contributed by atoms with E-state index in [0.29, 0.717) is 22.1 Å². The number of anilines is 1. The molecular weight excluding hydrogens is 264 g/mol. The zero-order chi connectivity index (χ0) is 13.2. The molecule has 0 aliphatic carbocycles. The summed E-state index contributed by atoms with van der Waals surface area (Å²) in [6, 6.07) is 7.65. The molecule has 0 aliphatic heterocycles. The third-order valence-corrected chi connectivity index (χ3v) is 3.23. The maximum absolute atomic E-state index is 5.37. The van der Waals surface area contributed by atoms with Crippen molar-refractivity contribution in [2.24, 2.45) is 5.84 Å². The molecule has 0 aliphatic rings. The van der Waals surface area contributed by atoms with Crippen molar-refractivity contribution in [2.45, 2.75) is 17.2 Å². The van der Waals surface area contributed by atoms with Gasteiger partial charge in [0.25, 0.3) is 5.22 Å². The summed E-state index contributed by atoms with van der Waals surface area (Å²) >= 11 is 1.28. The van der Waals surface area contributed by atoms with Crippen molar-refractivity contribution >= 4 is 28.6 Å². The average molecular weight is 274 g/mol. The Kier molecular flexibility index (Phi) is 3.02. The Morgan fingerprint density at radius 2 is 2.05 bits per heavy atom. The van der Waals surface area contributed by atoms with Gasteiger partial charge >= 0.3 is 0 Å². The van der Waals surface area contributed by atoms with E-state index in [-0.39, 0.29) is 0 Å². The molecule has 8 heteroatoms. The van der Waals surface area contributed by atoms with Crippen molar-refractivity contribution < 1.29 is 4.42 Å². The molecule has 3 aromatic rings. The number of rotatable bonds is 3. The number of nitrogen functional groups attached to an aromatic ring is 1. The van der Waals surface area contributed by atoms with Crippen LogP contribution >= 0.6 is 11.8 Å². The summed E-state index contributed by atoms with van der Waals surface area (Å²) in [5.74, 6) is 6.23. The quantitative estimate of drug-likeness (QED) is 0.423. The fourth-order valence-corrected chi connectivity index (χ4v) is 2.42. The molecule has 2 heterocycles. The Morgan fingerprint density at radius 1 is 1.21 bits per heavy atom. The highest BCUT2D eigenvalue weighted by Gasteiger charge is 2.12. The summed E-state index contributed by atoms with van der Waals surface area (Å²) in [7, 11) is 0. The van der Waals surface area contributed by atoms with Crippen LogP contribution in [0.4, 0.5) is 5.95 Å². The third-order valence-electron chi connectivity index (χ3n) is 2.39. The van der Waals surface area contributed by atoms with Gasteiger partial charge in [-0.1, -0.05) is 18.2 Å². The monoisotopic (exact) mass is 274 g/mol. The first kappa shape index (κ1) is 11.9. The average Bonchev–Trinajstić information content (AvgIpc) is 2.84. The molecule has 0 amide bonds. The second-order valence-electron chi connectivity index (χ2n) is 3.70. The summed E-state index contributed by atoms with van der Waals surface area (Å²) in [5, 5.41) is 9.77. The van der Waals surface area contributed by atoms with Gasteiger partial charge in [-0.3, -0.25) is 5.43 Å². The van der Waals surface area contributed by atoms with Crippen LogP contribution in [0, 0.1) is 6.92 Å². The molecule has 3 rings (SSSR count). The number of nitrogens with zero attached hydrogens (tertiary/aromatic N) is 4. The summed E-state index contributed by atoms with van der Waals surface area (Å²) in [6.07, 6.45) is 0. The highest BCUT2D eigenvalue weighted by Crippen LogP contribution is 2.31. The number of nitrogens with two attached hydrogens (primary N) is 1. The molecule has 1 aromatic carbocycles. The maximum atomic E-state index is 5.37. The topological polar surface area (TPSA) is 103 Å². The van der Waals surface area contributed by atoms with Crippen LogP contribution in [-0.4, -0.2) is 20.2 Å². The van der Waals surface area contributed by atoms with Crippen LogP contribution in [0.3, 0.4) is 0 Å². The molecule has 0 unspecified atom stereocenters. The van der Waals surface area contributed by atoms with Crippen LogP contribution in [0.1, 0.15) is 5.89 Å². The summed E-state index contributed by atoms with van der Waals surface area (Å²) < 4.78 is 5.34. The van der Waals surface area contributed by atoms with E-state index in [1.807, 2.05) is 24.3 Å². The number of benzene rings is 1. The smallest absolute Gasteiger partial charge is 0.282 e. The molecule has 0 radical (unpaired) electrons. The van der Waals surface area contributed by atoms with Gasteiger partial charge in [-0.05, 0) is 17.8 Å². The number of para-hydroxylation sites is 1. The Morgan fingerprint density at radius 3 is 2.79 bits per heavy atom. The van der Waals surface area contributed by atoms with E-state index < -0.39 is 0 Å². The van der Waals surface area contributed by atoms with Crippen molar-refractivity contribution in [3.63, 3.8) is 0 Å². The van der Waals surface area contributed by atoms with Crippen LogP contribution < -0.4 is 11.3 Å². The van der Waals surface area contributed by atoms with Crippen LogP contribution in [0.15, 0.2) is 38.9 Å². The van der Waals surface area contributed by atoms with Crippen LogP contribution in [0.5, 0.6) is 0 Å². The second kappa shape index (κ2) is 4.82. The van der Waals surface area contributed by atoms with Crippen LogP contribution in [-0.2, 0) is 0 Å². The van der Waals surface area contributed by atoms with Gasteiger partial charge in [0, 0.05) is 12.3 Å². The van der Waals surface area contributed by atoms with E-state index in [4.69, 9.17) is 10.3 Å². The minimum atomic E-state index is 0.345. The minimum absolute atomic E-state index is 0.345. The number of hydrazine groups is 1. The van der Waals surface area contributed by atoms with Gasteiger partial charge in [0.2, 0.25) is 11.8 Å². The third kappa shape index (κ3) is 2.35. The Bertz CT molecular complexity index is 728. The first-order valence-corrected chi connectivity index (χ1v) is 6.29. The standard InChI is InChI=1S/C11H10N6OS/c1-6-16-17-11(18-6)19-9-7-4-2-3-5-8(7)13-10(14-9)15-12/h2-5H,12H2,1H3,(H,13,14,15). The SMILES string of the molecule is Cc1nnc(Sc2nc(NN)nc3ccccc23)o1. The van der Waals surface area contributed by atoms with Crippen molar-refractivity contribution in [1.82, 2.24) is 20.2 Å². The van der Waals surface area contributed by atoms with Gasteiger partial charge in [0.1, 0.15) is 5.03 Å². The molecule has 0 atom stereocenters. The highest BCUT2D eigenvalue weighted by molar-refractivity contribution is 7.99. The first-order chi connectivity index (χ1) is 9.26. The van der Waals surface area contributed by atoms with Gasteiger partial charge in [0.05, 0.1) is 5.52 Å². The summed E-state index contributed by atoms with van der Waals surface area (Å²) in [5.41, 5.74) is 3.24. The molecule has 0 saturated heterocycles. The Hall–Kier alpha value is -2.19. The summed E-state index contributed by atoms with van der Waals surface area (Å²) in [6.45, 7) is 1.74. The van der Waals surface area contributed by atoms with Crippen molar-refractivity contribution in [3.05, 3.63) is 30.2 Å². The van der Waals surface area contributed by atoms with Crippen molar-refractivity contribution in [1.29, 1.82) is 0 Å². The molecule has 2 aromatic heterocycles. The predicted octanol–water partition coefficient (Wildman–Crippen LogP) is 1.76. The van der Waals surface area contributed by atoms with Crippen molar-refractivity contribution in [3.8, 4) is 0 Å². The van der Waals surface area contributed by atoms with E-state index >= 15 is 0 Å². The minimum Gasteiger partial charge on any atom is -0.416 e. The molecule has 7 nitrogen and oxygen atoms in total. The van der Waals surface area contributed by atoms with Gasteiger partial charge < -0.3 is 4.42 Å². The largest absolute Gasteiger partial charge is 0.416 e. The Labute approximate surface area is 112 Å². The first-order valence-electron chi connectivity index (χ1n) is 5.47. The molecule has 0 bridgehead atoms. The number of hydrogen-bond acceptors (Lipinski definition) is 8. The van der Waals surface area contributed by atoms with Gasteiger partial charge in [-0.15, -0.1) is 10.2 Å². The number of aryl methyl sites for hydroxylation is 1. The fourth-order valence-electron chi connectivity index (χ4n) is 1.59. The van der Waals surface area contributed by atoms with Gasteiger partial charge in [-0.2, -0.15) is 0 Å². The lowest BCUT2D eigenvalue weighted by Gasteiger charge is -2.05. The zero-order valence-electron chi connectivity index (χ0n) is 9.99. The second-order valence-corrected chi connectivity index (χ2v) is 4.64. The maximum Gasteiger partial charge on any atom is 0.282 e. The number of nitrogens with one attached hydrogen (secondary N) is 1. The van der Waals surface area contributed by atoms with Gasteiger partial charge in [-0.25, -0.2) is 15.8 Å². The molecule has 3 N–H and O–H groups in total. The van der Waals surface area contributed by atoms with E-state index in [0.717, 1.165) is 10.9 Å². The highest BCUT2D eigenvalue weighted by atomic mass is 32.2. The lowest BCUT2D eigenvalue weighted by molar-refractivity contribution is 0.429. The Balaban J connectivity index is 2.10. The normalized spacial score (nSPS) is 10.8. The van der Waals surface area contributed by atoms with Gasteiger partial charge in [0.15, 0.2) is 0 Å². The summed E-state index contributed by atoms with van der Waals surface area (Å²) in [4.78, 5) is 8.59. The van der Waals surface area contributed by atoms with Crippen LogP contribution in [0.2, 0.25) is 0 Å². The molecule has 0 saturated carbocycles. The van der Waals surface area contributed by atoms with Crippen LogP contribution in [0.25, 0.3) is 10.9 Å². The fraction of sp³-hybridized carbons (Fsp3) is 0.0909.